The van der Waals surface area contributed by atoms with E-state index in [4.69, 9.17) is 0 Å². The first-order chi connectivity index (χ1) is 9.28. The number of hydrogen-bond donors (Lipinski definition) is 1. The number of benzene rings is 1. The molecular weight excluding hydrogens is 318 g/mol. The second kappa shape index (κ2) is 7.83. The van der Waals surface area contributed by atoms with Gasteiger partial charge in [0, 0.05) is 10.5 Å². The van der Waals surface area contributed by atoms with Crippen LogP contribution in [0.4, 0.5) is 0 Å². The predicted molar refractivity (Wildman–Crippen MR) is 88.0 cm³/mol. The smallest absolute Gasteiger partial charge is 0.0175 e. The highest BCUT2D eigenvalue weighted by molar-refractivity contribution is 9.10. The minimum atomic E-state index is 0.524. The summed E-state index contributed by atoms with van der Waals surface area (Å²) < 4.78 is 1.15. The Balaban J connectivity index is 1.98. The number of thiophene rings is 1. The van der Waals surface area contributed by atoms with Crippen LogP contribution >= 0.6 is 27.3 Å². The van der Waals surface area contributed by atoms with Gasteiger partial charge >= 0.3 is 0 Å². The van der Waals surface area contributed by atoms with Gasteiger partial charge in [-0.15, -0.1) is 0 Å². The monoisotopic (exact) mass is 337 g/mol. The highest BCUT2D eigenvalue weighted by atomic mass is 79.9. The molecule has 0 aliphatic rings. The highest BCUT2D eigenvalue weighted by Crippen LogP contribution is 2.15. The quantitative estimate of drug-likeness (QED) is 0.774. The van der Waals surface area contributed by atoms with Gasteiger partial charge in [0.15, 0.2) is 0 Å². The van der Waals surface area contributed by atoms with Crippen LogP contribution in [0.25, 0.3) is 0 Å². The van der Waals surface area contributed by atoms with Crippen molar-refractivity contribution in [2.45, 2.75) is 32.2 Å². The first-order valence-electron chi connectivity index (χ1n) is 6.77. The summed E-state index contributed by atoms with van der Waals surface area (Å²) >= 11 is 5.27. The Morgan fingerprint density at radius 2 is 1.84 bits per heavy atom. The van der Waals surface area contributed by atoms with Gasteiger partial charge in [0.05, 0.1) is 0 Å². The second-order valence-corrected chi connectivity index (χ2v) is 6.51. The molecule has 3 heteroatoms. The van der Waals surface area contributed by atoms with Crippen molar-refractivity contribution in [2.75, 3.05) is 6.54 Å². The fraction of sp³-hybridized carbons (Fsp3) is 0.375. The molecule has 0 radical (unpaired) electrons. The Labute approximate surface area is 128 Å². The SMILES string of the molecule is CCCNC(Cc1ccc(Br)cc1)Cc1ccsc1. The lowest BCUT2D eigenvalue weighted by Crippen LogP contribution is -2.33. The highest BCUT2D eigenvalue weighted by Gasteiger charge is 2.10. The zero-order valence-electron chi connectivity index (χ0n) is 11.2. The van der Waals surface area contributed by atoms with E-state index < -0.39 is 0 Å². The molecule has 0 saturated carbocycles. The van der Waals surface area contributed by atoms with Crippen LogP contribution in [0.15, 0.2) is 45.6 Å². The Bertz CT molecular complexity index is 464. The molecule has 0 fully saturated rings. The summed E-state index contributed by atoms with van der Waals surface area (Å²) in [5.74, 6) is 0. The predicted octanol–water partition coefficient (Wildman–Crippen LogP) is 4.66. The molecule has 19 heavy (non-hydrogen) atoms. The molecule has 0 amide bonds. The van der Waals surface area contributed by atoms with Crippen LogP contribution in [0.1, 0.15) is 24.5 Å². The van der Waals surface area contributed by atoms with Crippen molar-refractivity contribution in [3.63, 3.8) is 0 Å². The number of nitrogens with one attached hydrogen (secondary N) is 1. The topological polar surface area (TPSA) is 12.0 Å². The molecule has 1 atom stereocenters. The van der Waals surface area contributed by atoms with Crippen molar-refractivity contribution in [1.82, 2.24) is 5.32 Å². The van der Waals surface area contributed by atoms with E-state index in [-0.39, 0.29) is 0 Å². The molecule has 1 N–H and O–H groups in total. The van der Waals surface area contributed by atoms with Crippen LogP contribution in [0.2, 0.25) is 0 Å². The summed E-state index contributed by atoms with van der Waals surface area (Å²) in [7, 11) is 0. The number of hydrogen-bond acceptors (Lipinski definition) is 2. The van der Waals surface area contributed by atoms with Crippen LogP contribution < -0.4 is 5.32 Å². The van der Waals surface area contributed by atoms with Crippen molar-refractivity contribution in [3.8, 4) is 0 Å². The van der Waals surface area contributed by atoms with Crippen LogP contribution in [0, 0.1) is 0 Å². The molecule has 2 aromatic rings. The van der Waals surface area contributed by atoms with Crippen molar-refractivity contribution < 1.29 is 0 Å². The maximum Gasteiger partial charge on any atom is 0.0175 e. The van der Waals surface area contributed by atoms with Gasteiger partial charge in [-0.3, -0.25) is 0 Å². The molecule has 0 aliphatic carbocycles. The van der Waals surface area contributed by atoms with E-state index in [0.29, 0.717) is 6.04 Å². The van der Waals surface area contributed by atoms with E-state index in [1.165, 1.54) is 17.5 Å². The van der Waals surface area contributed by atoms with Crippen molar-refractivity contribution >= 4 is 27.3 Å². The van der Waals surface area contributed by atoms with Crippen molar-refractivity contribution in [3.05, 3.63) is 56.7 Å². The lowest BCUT2D eigenvalue weighted by Gasteiger charge is -2.18. The van der Waals surface area contributed by atoms with E-state index in [0.717, 1.165) is 23.9 Å². The van der Waals surface area contributed by atoms with Crippen LogP contribution in [-0.4, -0.2) is 12.6 Å². The number of halogens is 1. The van der Waals surface area contributed by atoms with Gasteiger partial charge in [0.25, 0.3) is 0 Å². The van der Waals surface area contributed by atoms with Crippen LogP contribution in [0.5, 0.6) is 0 Å². The minimum absolute atomic E-state index is 0.524. The summed E-state index contributed by atoms with van der Waals surface area (Å²) in [6, 6.07) is 11.4. The first-order valence-corrected chi connectivity index (χ1v) is 8.50. The molecule has 1 aromatic heterocycles. The van der Waals surface area contributed by atoms with Gasteiger partial charge in [0.2, 0.25) is 0 Å². The minimum Gasteiger partial charge on any atom is -0.313 e. The molecule has 1 aromatic carbocycles. The molecule has 1 unspecified atom stereocenters. The Morgan fingerprint density at radius 1 is 1.11 bits per heavy atom. The summed E-state index contributed by atoms with van der Waals surface area (Å²) in [4.78, 5) is 0. The maximum atomic E-state index is 3.66. The fourth-order valence-corrected chi connectivity index (χ4v) is 3.11. The molecule has 1 nitrogen and oxygen atoms in total. The molecule has 0 bridgehead atoms. The molecule has 102 valence electrons. The molecular formula is C16H20BrNS. The summed E-state index contributed by atoms with van der Waals surface area (Å²) in [6.07, 6.45) is 3.38. The average molecular weight is 338 g/mol. The van der Waals surface area contributed by atoms with E-state index in [2.05, 4.69) is 69.3 Å². The molecule has 1 heterocycles. The van der Waals surface area contributed by atoms with E-state index in [9.17, 15) is 0 Å². The summed E-state index contributed by atoms with van der Waals surface area (Å²) in [5, 5.41) is 8.07. The maximum absolute atomic E-state index is 3.66. The second-order valence-electron chi connectivity index (χ2n) is 4.82. The standard InChI is InChI=1S/C16H20BrNS/c1-2-8-18-16(11-14-7-9-19-12-14)10-13-3-5-15(17)6-4-13/h3-7,9,12,16,18H,2,8,10-11H2,1H3. The van der Waals surface area contributed by atoms with Gasteiger partial charge < -0.3 is 5.32 Å². The van der Waals surface area contributed by atoms with Gasteiger partial charge in [-0.2, -0.15) is 11.3 Å². The van der Waals surface area contributed by atoms with E-state index >= 15 is 0 Å². The lowest BCUT2D eigenvalue weighted by atomic mass is 10.0. The Kier molecular flexibility index (Phi) is 6.08. The lowest BCUT2D eigenvalue weighted by molar-refractivity contribution is 0.505. The molecule has 0 aliphatic heterocycles. The summed E-state index contributed by atoms with van der Waals surface area (Å²) in [6.45, 7) is 3.31. The fourth-order valence-electron chi connectivity index (χ4n) is 2.16. The molecule has 0 spiro atoms. The van der Waals surface area contributed by atoms with Gasteiger partial charge in [-0.05, 0) is 65.9 Å². The molecule has 2 rings (SSSR count). The van der Waals surface area contributed by atoms with Crippen molar-refractivity contribution in [1.29, 1.82) is 0 Å². The van der Waals surface area contributed by atoms with E-state index in [1.807, 2.05) is 0 Å². The van der Waals surface area contributed by atoms with Gasteiger partial charge in [0.1, 0.15) is 0 Å². The third kappa shape index (κ3) is 5.09. The third-order valence-electron chi connectivity index (χ3n) is 3.14. The Hall–Kier alpha value is -0.640. The summed E-state index contributed by atoms with van der Waals surface area (Å²) in [5.41, 5.74) is 2.84. The van der Waals surface area contributed by atoms with Crippen LogP contribution in [-0.2, 0) is 12.8 Å². The largest absolute Gasteiger partial charge is 0.313 e. The number of rotatable bonds is 7. The van der Waals surface area contributed by atoms with Gasteiger partial charge in [-0.1, -0.05) is 35.0 Å². The zero-order valence-corrected chi connectivity index (χ0v) is 13.6. The van der Waals surface area contributed by atoms with Crippen LogP contribution in [0.3, 0.4) is 0 Å². The molecule has 0 saturated heterocycles. The first kappa shape index (κ1) is 14.8. The average Bonchev–Trinajstić information content (AvgIpc) is 2.91. The normalized spacial score (nSPS) is 12.5. The van der Waals surface area contributed by atoms with Gasteiger partial charge in [-0.25, -0.2) is 0 Å². The third-order valence-corrected chi connectivity index (χ3v) is 4.40. The van der Waals surface area contributed by atoms with E-state index in [1.54, 1.807) is 11.3 Å². The van der Waals surface area contributed by atoms with Crippen molar-refractivity contribution in [2.24, 2.45) is 0 Å². The Morgan fingerprint density at radius 3 is 2.47 bits per heavy atom. The zero-order chi connectivity index (χ0) is 13.5.